The molecule has 0 aliphatic carbocycles. The average Bonchev–Trinajstić information content (AvgIpc) is 3.19. The Morgan fingerprint density at radius 3 is 2.95 bits per heavy atom. The minimum atomic E-state index is -0.204. The fraction of sp³-hybridized carbons (Fsp3) is 0.400. The number of likely N-dealkylation sites (tertiary alicyclic amines) is 1. The van der Waals surface area contributed by atoms with Gasteiger partial charge >= 0.3 is 0 Å². The standard InChI is InChI=1S/C15H18N4O3/c1-17-10-12(13(22-2)8-14(17)20)15(21)18-7-4-11(9-18)19-6-3-5-16-19/h3,5-6,8,10-11H,4,7,9H2,1-2H3. The van der Waals surface area contributed by atoms with Crippen LogP contribution in [-0.4, -0.2) is 45.4 Å². The summed E-state index contributed by atoms with van der Waals surface area (Å²) >= 11 is 0. The van der Waals surface area contributed by atoms with Gasteiger partial charge in [0.2, 0.25) is 0 Å². The zero-order valence-electron chi connectivity index (χ0n) is 12.6. The van der Waals surface area contributed by atoms with Gasteiger partial charge in [0.05, 0.1) is 18.7 Å². The predicted octanol–water partition coefficient (Wildman–Crippen LogP) is 0.678. The molecule has 3 heterocycles. The molecule has 1 fully saturated rings. The first-order chi connectivity index (χ1) is 10.6. The van der Waals surface area contributed by atoms with Crippen LogP contribution in [0.2, 0.25) is 0 Å². The summed E-state index contributed by atoms with van der Waals surface area (Å²) in [5.41, 5.74) is 0.204. The largest absolute Gasteiger partial charge is 0.496 e. The Bertz CT molecular complexity index is 736. The number of carbonyl (C=O) groups is 1. The minimum Gasteiger partial charge on any atom is -0.496 e. The third-order valence-electron chi connectivity index (χ3n) is 3.99. The SMILES string of the molecule is COc1cc(=O)n(C)cc1C(=O)N1CCC(n2cccn2)C1. The number of pyridine rings is 1. The van der Waals surface area contributed by atoms with Gasteiger partial charge in [-0.1, -0.05) is 0 Å². The van der Waals surface area contributed by atoms with Gasteiger partial charge in [-0.2, -0.15) is 5.10 Å². The lowest BCUT2D eigenvalue weighted by molar-refractivity contribution is 0.0782. The minimum absolute atomic E-state index is 0.123. The summed E-state index contributed by atoms with van der Waals surface area (Å²) in [4.78, 5) is 26.1. The van der Waals surface area contributed by atoms with Gasteiger partial charge in [-0.25, -0.2) is 0 Å². The number of aryl methyl sites for hydroxylation is 1. The summed E-state index contributed by atoms with van der Waals surface area (Å²) in [7, 11) is 3.08. The van der Waals surface area contributed by atoms with E-state index >= 15 is 0 Å². The number of amides is 1. The number of hydrogen-bond acceptors (Lipinski definition) is 4. The quantitative estimate of drug-likeness (QED) is 0.836. The number of methoxy groups -OCH3 is 1. The molecule has 1 amide bonds. The van der Waals surface area contributed by atoms with Gasteiger partial charge in [0.15, 0.2) is 0 Å². The molecule has 1 unspecified atom stereocenters. The van der Waals surface area contributed by atoms with Crippen LogP contribution in [0.1, 0.15) is 22.8 Å². The van der Waals surface area contributed by atoms with Crippen molar-refractivity contribution in [2.75, 3.05) is 20.2 Å². The Kier molecular flexibility index (Phi) is 3.70. The highest BCUT2D eigenvalue weighted by atomic mass is 16.5. The van der Waals surface area contributed by atoms with E-state index in [1.54, 1.807) is 18.1 Å². The van der Waals surface area contributed by atoms with Crippen LogP contribution in [-0.2, 0) is 7.05 Å². The van der Waals surface area contributed by atoms with Gasteiger partial charge in [-0.3, -0.25) is 14.3 Å². The van der Waals surface area contributed by atoms with Gasteiger partial charge in [0.1, 0.15) is 5.75 Å². The fourth-order valence-corrected chi connectivity index (χ4v) is 2.75. The predicted molar refractivity (Wildman–Crippen MR) is 80.0 cm³/mol. The van der Waals surface area contributed by atoms with E-state index in [-0.39, 0.29) is 17.5 Å². The highest BCUT2D eigenvalue weighted by molar-refractivity contribution is 5.96. The Hall–Kier alpha value is -2.57. The fourth-order valence-electron chi connectivity index (χ4n) is 2.75. The van der Waals surface area contributed by atoms with Crippen LogP contribution in [0.5, 0.6) is 5.75 Å². The van der Waals surface area contributed by atoms with E-state index in [0.717, 1.165) is 6.42 Å². The molecule has 2 aromatic heterocycles. The maximum atomic E-state index is 12.7. The Labute approximate surface area is 127 Å². The first-order valence-corrected chi connectivity index (χ1v) is 7.13. The summed E-state index contributed by atoms with van der Waals surface area (Å²) in [5, 5.41) is 4.23. The number of aromatic nitrogens is 3. The third-order valence-corrected chi connectivity index (χ3v) is 3.99. The van der Waals surface area contributed by atoms with Gasteiger partial charge in [0.25, 0.3) is 11.5 Å². The van der Waals surface area contributed by atoms with Gasteiger partial charge in [0, 0.05) is 44.8 Å². The van der Waals surface area contributed by atoms with Crippen molar-refractivity contribution >= 4 is 5.91 Å². The first-order valence-electron chi connectivity index (χ1n) is 7.13. The zero-order chi connectivity index (χ0) is 15.7. The van der Waals surface area contributed by atoms with Gasteiger partial charge in [-0.05, 0) is 12.5 Å². The number of nitrogens with zero attached hydrogens (tertiary/aromatic N) is 4. The third kappa shape index (κ3) is 2.49. The van der Waals surface area contributed by atoms with Gasteiger partial charge in [-0.15, -0.1) is 0 Å². The molecular formula is C15H18N4O3. The molecule has 0 aromatic carbocycles. The van der Waals surface area contributed by atoms with Crippen LogP contribution < -0.4 is 10.3 Å². The second-order valence-corrected chi connectivity index (χ2v) is 5.38. The van der Waals surface area contributed by atoms with E-state index in [0.29, 0.717) is 24.4 Å². The molecule has 22 heavy (non-hydrogen) atoms. The normalized spacial score (nSPS) is 17.7. The number of ether oxygens (including phenoxy) is 1. The van der Waals surface area contributed by atoms with E-state index in [2.05, 4.69) is 5.10 Å². The van der Waals surface area contributed by atoms with Crippen LogP contribution in [0.25, 0.3) is 0 Å². The first kappa shape index (κ1) is 14.4. The van der Waals surface area contributed by atoms with Crippen molar-refractivity contribution in [3.05, 3.63) is 46.6 Å². The van der Waals surface area contributed by atoms with Crippen molar-refractivity contribution < 1.29 is 9.53 Å². The van der Waals surface area contributed by atoms with Crippen LogP contribution in [0, 0.1) is 0 Å². The lowest BCUT2D eigenvalue weighted by atomic mass is 10.2. The van der Waals surface area contributed by atoms with Crippen molar-refractivity contribution in [1.82, 2.24) is 19.2 Å². The average molecular weight is 302 g/mol. The molecule has 1 aliphatic rings. The number of carbonyl (C=O) groups excluding carboxylic acids is 1. The van der Waals surface area contributed by atoms with Crippen LogP contribution in [0.4, 0.5) is 0 Å². The zero-order valence-corrected chi connectivity index (χ0v) is 12.6. The molecule has 3 rings (SSSR count). The molecule has 1 saturated heterocycles. The van der Waals surface area contributed by atoms with E-state index in [9.17, 15) is 9.59 Å². The van der Waals surface area contributed by atoms with Gasteiger partial charge < -0.3 is 14.2 Å². The molecule has 1 aliphatic heterocycles. The molecule has 116 valence electrons. The molecule has 0 radical (unpaired) electrons. The maximum absolute atomic E-state index is 12.7. The molecule has 7 heteroatoms. The molecule has 1 atom stereocenters. The second-order valence-electron chi connectivity index (χ2n) is 5.38. The molecular weight excluding hydrogens is 284 g/mol. The molecule has 0 bridgehead atoms. The smallest absolute Gasteiger partial charge is 0.259 e. The molecule has 7 nitrogen and oxygen atoms in total. The monoisotopic (exact) mass is 302 g/mol. The van der Waals surface area contributed by atoms with Crippen LogP contribution in [0.3, 0.4) is 0 Å². The molecule has 0 spiro atoms. The lowest BCUT2D eigenvalue weighted by Crippen LogP contribution is -2.31. The van der Waals surface area contributed by atoms with Crippen molar-refractivity contribution in [2.24, 2.45) is 7.05 Å². The van der Waals surface area contributed by atoms with E-state index in [1.807, 2.05) is 16.9 Å². The van der Waals surface area contributed by atoms with E-state index < -0.39 is 0 Å². The summed E-state index contributed by atoms with van der Waals surface area (Å²) < 4.78 is 8.45. The number of hydrogen-bond donors (Lipinski definition) is 0. The van der Waals surface area contributed by atoms with Crippen LogP contribution >= 0.6 is 0 Å². The van der Waals surface area contributed by atoms with Crippen molar-refractivity contribution in [3.63, 3.8) is 0 Å². The topological polar surface area (TPSA) is 69.4 Å². The van der Waals surface area contributed by atoms with E-state index in [1.165, 1.54) is 23.9 Å². The summed E-state index contributed by atoms with van der Waals surface area (Å²) in [6.07, 6.45) is 6.04. The van der Waals surface area contributed by atoms with Crippen molar-refractivity contribution in [2.45, 2.75) is 12.5 Å². The Morgan fingerprint density at radius 2 is 2.27 bits per heavy atom. The molecule has 0 saturated carbocycles. The highest BCUT2D eigenvalue weighted by Crippen LogP contribution is 2.25. The van der Waals surface area contributed by atoms with Crippen molar-refractivity contribution in [3.8, 4) is 5.75 Å². The van der Waals surface area contributed by atoms with Crippen molar-refractivity contribution in [1.29, 1.82) is 0 Å². The number of rotatable bonds is 3. The Balaban J connectivity index is 1.83. The maximum Gasteiger partial charge on any atom is 0.259 e. The lowest BCUT2D eigenvalue weighted by Gasteiger charge is -2.18. The molecule has 2 aromatic rings. The Morgan fingerprint density at radius 1 is 1.45 bits per heavy atom. The summed E-state index contributed by atoms with van der Waals surface area (Å²) in [6, 6.07) is 3.41. The summed E-state index contributed by atoms with van der Waals surface area (Å²) in [5.74, 6) is 0.192. The molecule has 0 N–H and O–H groups in total. The summed E-state index contributed by atoms with van der Waals surface area (Å²) in [6.45, 7) is 1.27. The van der Waals surface area contributed by atoms with E-state index in [4.69, 9.17) is 4.74 Å². The highest BCUT2D eigenvalue weighted by Gasteiger charge is 2.30. The van der Waals surface area contributed by atoms with Crippen LogP contribution in [0.15, 0.2) is 35.5 Å². The second kappa shape index (κ2) is 5.67.